The molecule has 2 aliphatic rings. The predicted octanol–water partition coefficient (Wildman–Crippen LogP) is -0.0866. The van der Waals surface area contributed by atoms with E-state index in [1.54, 1.807) is 0 Å². The molecule has 2 rings (SSSR count). The quantitative estimate of drug-likeness (QED) is 0.631. The normalized spacial score (nSPS) is 30.2. The van der Waals surface area contributed by atoms with E-state index in [4.69, 9.17) is 0 Å². The monoisotopic (exact) mass is 239 g/mol. The summed E-state index contributed by atoms with van der Waals surface area (Å²) in [6.07, 6.45) is 5.84. The maximum atomic E-state index is 12.0. The van der Waals surface area contributed by atoms with Crippen molar-refractivity contribution in [1.82, 2.24) is 16.0 Å². The van der Waals surface area contributed by atoms with Gasteiger partial charge in [0.05, 0.1) is 6.04 Å². The first-order valence-electron chi connectivity index (χ1n) is 6.59. The largest absolute Gasteiger partial charge is 0.354 e. The van der Waals surface area contributed by atoms with Crippen molar-refractivity contribution in [2.75, 3.05) is 13.1 Å². The minimum Gasteiger partial charge on any atom is -0.354 e. The summed E-state index contributed by atoms with van der Waals surface area (Å²) in [4.78, 5) is 23.7. The maximum absolute atomic E-state index is 12.0. The van der Waals surface area contributed by atoms with Crippen LogP contribution in [0.2, 0.25) is 0 Å². The van der Waals surface area contributed by atoms with Gasteiger partial charge in [-0.15, -0.1) is 0 Å². The molecule has 5 nitrogen and oxygen atoms in total. The van der Waals surface area contributed by atoms with Gasteiger partial charge in [0.25, 0.3) is 0 Å². The Labute approximate surface area is 102 Å². The number of hydrogen-bond donors (Lipinski definition) is 3. The lowest BCUT2D eigenvalue weighted by Gasteiger charge is -2.24. The van der Waals surface area contributed by atoms with Crippen molar-refractivity contribution in [3.8, 4) is 0 Å². The van der Waals surface area contributed by atoms with Gasteiger partial charge in [0.15, 0.2) is 0 Å². The molecule has 2 aliphatic heterocycles. The molecule has 2 saturated heterocycles. The minimum atomic E-state index is -0.339. The Morgan fingerprint density at radius 1 is 1.12 bits per heavy atom. The van der Waals surface area contributed by atoms with Crippen molar-refractivity contribution < 1.29 is 9.59 Å². The number of carbonyl (C=O) groups excluding carboxylic acids is 2. The van der Waals surface area contributed by atoms with Crippen molar-refractivity contribution in [3.63, 3.8) is 0 Å². The third kappa shape index (κ3) is 3.43. The zero-order chi connectivity index (χ0) is 12.1. The highest BCUT2D eigenvalue weighted by molar-refractivity contribution is 5.89. The number of carbonyl (C=O) groups is 2. The third-order valence-corrected chi connectivity index (χ3v) is 3.48. The highest BCUT2D eigenvalue weighted by Gasteiger charge is 2.26. The first-order valence-corrected chi connectivity index (χ1v) is 6.59. The molecule has 17 heavy (non-hydrogen) atoms. The van der Waals surface area contributed by atoms with E-state index in [1.807, 2.05) is 0 Å². The van der Waals surface area contributed by atoms with Crippen LogP contribution >= 0.6 is 0 Å². The fraction of sp³-hybridized carbons (Fsp3) is 0.833. The second-order valence-electron chi connectivity index (χ2n) is 4.85. The van der Waals surface area contributed by atoms with Gasteiger partial charge in [-0.3, -0.25) is 9.59 Å². The standard InChI is InChI=1S/C12H21N3O2/c16-11-10(6-2-4-8-14-11)15-12(17)9-5-1-3-7-13-9/h9-10,13H,1-8H2,(H,14,16)(H,15,17)/t9-,10?/m1/s1. The van der Waals surface area contributed by atoms with Crippen LogP contribution < -0.4 is 16.0 Å². The molecule has 96 valence electrons. The lowest BCUT2D eigenvalue weighted by molar-refractivity contribution is -0.130. The molecule has 0 radical (unpaired) electrons. The molecule has 5 heteroatoms. The zero-order valence-corrected chi connectivity index (χ0v) is 10.1. The SMILES string of the molecule is O=C1NCCCCC1NC(=O)[C@H]1CCCCN1. The Hall–Kier alpha value is -1.10. The Balaban J connectivity index is 1.85. The van der Waals surface area contributed by atoms with Crippen molar-refractivity contribution in [1.29, 1.82) is 0 Å². The fourth-order valence-electron chi connectivity index (χ4n) is 2.42. The molecule has 0 aromatic rings. The van der Waals surface area contributed by atoms with Crippen LogP contribution in [0.4, 0.5) is 0 Å². The maximum Gasteiger partial charge on any atom is 0.242 e. The first kappa shape index (κ1) is 12.4. The van der Waals surface area contributed by atoms with Gasteiger partial charge in [-0.25, -0.2) is 0 Å². The molecule has 1 unspecified atom stereocenters. The van der Waals surface area contributed by atoms with Crippen LogP contribution in [-0.4, -0.2) is 37.0 Å². The van der Waals surface area contributed by atoms with E-state index in [0.29, 0.717) is 0 Å². The Morgan fingerprint density at radius 3 is 2.65 bits per heavy atom. The van der Waals surface area contributed by atoms with E-state index in [2.05, 4.69) is 16.0 Å². The molecule has 3 N–H and O–H groups in total. The Morgan fingerprint density at radius 2 is 1.88 bits per heavy atom. The number of rotatable bonds is 2. The summed E-state index contributed by atoms with van der Waals surface area (Å²) < 4.78 is 0. The van der Waals surface area contributed by atoms with E-state index < -0.39 is 0 Å². The van der Waals surface area contributed by atoms with Gasteiger partial charge in [0.2, 0.25) is 11.8 Å². The van der Waals surface area contributed by atoms with Crippen LogP contribution in [0.1, 0.15) is 38.5 Å². The van der Waals surface area contributed by atoms with Gasteiger partial charge in [-0.1, -0.05) is 6.42 Å². The molecule has 0 saturated carbocycles. The topological polar surface area (TPSA) is 70.2 Å². The molecule has 0 bridgehead atoms. The van der Waals surface area contributed by atoms with Gasteiger partial charge in [-0.05, 0) is 38.6 Å². The number of hydrogen-bond acceptors (Lipinski definition) is 3. The van der Waals surface area contributed by atoms with E-state index in [1.165, 1.54) is 0 Å². The minimum absolute atomic E-state index is 0.0215. The van der Waals surface area contributed by atoms with Gasteiger partial charge in [-0.2, -0.15) is 0 Å². The van der Waals surface area contributed by atoms with Crippen molar-refractivity contribution >= 4 is 11.8 Å². The molecule has 0 aromatic carbocycles. The summed E-state index contributed by atoms with van der Waals surface area (Å²) in [6, 6.07) is -0.450. The first-order chi connectivity index (χ1) is 8.27. The molecular weight excluding hydrogens is 218 g/mol. The molecule has 2 amide bonds. The summed E-state index contributed by atoms with van der Waals surface area (Å²) >= 11 is 0. The summed E-state index contributed by atoms with van der Waals surface area (Å²) in [6.45, 7) is 1.63. The summed E-state index contributed by atoms with van der Waals surface area (Å²) in [5.41, 5.74) is 0. The van der Waals surface area contributed by atoms with Crippen molar-refractivity contribution in [2.24, 2.45) is 0 Å². The molecule has 2 heterocycles. The summed E-state index contributed by atoms with van der Waals surface area (Å²) in [5.74, 6) is -0.0570. The fourth-order valence-corrected chi connectivity index (χ4v) is 2.42. The Kier molecular flexibility index (Phi) is 4.36. The lowest BCUT2D eigenvalue weighted by atomic mass is 10.0. The van der Waals surface area contributed by atoms with Crippen LogP contribution in [0.25, 0.3) is 0 Å². The molecular formula is C12H21N3O2. The average Bonchev–Trinajstić information content (AvgIpc) is 2.56. The summed E-state index contributed by atoms with van der Waals surface area (Å²) in [5, 5.41) is 8.89. The van der Waals surface area contributed by atoms with Crippen LogP contribution in [0.3, 0.4) is 0 Å². The summed E-state index contributed by atoms with van der Waals surface area (Å²) in [7, 11) is 0. The van der Waals surface area contributed by atoms with Crippen molar-refractivity contribution in [3.05, 3.63) is 0 Å². The zero-order valence-electron chi connectivity index (χ0n) is 10.1. The third-order valence-electron chi connectivity index (χ3n) is 3.48. The van der Waals surface area contributed by atoms with Gasteiger partial charge in [0.1, 0.15) is 6.04 Å². The predicted molar refractivity (Wildman–Crippen MR) is 64.4 cm³/mol. The van der Waals surface area contributed by atoms with E-state index >= 15 is 0 Å². The smallest absolute Gasteiger partial charge is 0.242 e. The van der Waals surface area contributed by atoms with Crippen LogP contribution in [0, 0.1) is 0 Å². The molecule has 0 aliphatic carbocycles. The van der Waals surface area contributed by atoms with Gasteiger partial charge >= 0.3 is 0 Å². The van der Waals surface area contributed by atoms with E-state index in [9.17, 15) is 9.59 Å². The highest BCUT2D eigenvalue weighted by Crippen LogP contribution is 2.09. The van der Waals surface area contributed by atoms with E-state index in [0.717, 1.165) is 51.6 Å². The highest BCUT2D eigenvalue weighted by atomic mass is 16.2. The van der Waals surface area contributed by atoms with Gasteiger partial charge in [0, 0.05) is 6.54 Å². The van der Waals surface area contributed by atoms with E-state index in [-0.39, 0.29) is 23.9 Å². The second kappa shape index (κ2) is 6.00. The van der Waals surface area contributed by atoms with Crippen LogP contribution in [0.15, 0.2) is 0 Å². The molecule has 0 aromatic heterocycles. The molecule has 2 fully saturated rings. The number of nitrogens with one attached hydrogen (secondary N) is 3. The number of amides is 2. The molecule has 2 atom stereocenters. The lowest BCUT2D eigenvalue weighted by Crippen LogP contribution is -2.53. The Bertz CT molecular complexity index is 287. The molecule has 0 spiro atoms. The average molecular weight is 239 g/mol. The van der Waals surface area contributed by atoms with Crippen molar-refractivity contribution in [2.45, 2.75) is 50.6 Å². The number of piperidine rings is 1. The second-order valence-corrected chi connectivity index (χ2v) is 4.85. The van der Waals surface area contributed by atoms with Crippen LogP contribution in [0.5, 0.6) is 0 Å². The van der Waals surface area contributed by atoms with Gasteiger partial charge < -0.3 is 16.0 Å². The van der Waals surface area contributed by atoms with Crippen LogP contribution in [-0.2, 0) is 9.59 Å².